The van der Waals surface area contributed by atoms with Crippen LogP contribution < -0.4 is 14.2 Å². The summed E-state index contributed by atoms with van der Waals surface area (Å²) in [5, 5.41) is 17.7. The van der Waals surface area contributed by atoms with E-state index in [2.05, 4.69) is 4.72 Å². The van der Waals surface area contributed by atoms with Gasteiger partial charge in [0.1, 0.15) is 17.2 Å². The first kappa shape index (κ1) is 30.1. The van der Waals surface area contributed by atoms with E-state index in [1.807, 2.05) is 38.1 Å². The third kappa shape index (κ3) is 7.16. The first-order valence-corrected chi connectivity index (χ1v) is 15.4. The van der Waals surface area contributed by atoms with Gasteiger partial charge in [-0.15, -0.1) is 0 Å². The summed E-state index contributed by atoms with van der Waals surface area (Å²) in [4.78, 5) is 0.110. The van der Waals surface area contributed by atoms with Crippen LogP contribution in [0.15, 0.2) is 114 Å². The monoisotopic (exact) mass is 609 g/mol. The van der Waals surface area contributed by atoms with Crippen molar-refractivity contribution in [3.05, 3.63) is 120 Å². The highest BCUT2D eigenvalue weighted by Gasteiger charge is 2.19. The predicted molar refractivity (Wildman–Crippen MR) is 171 cm³/mol. The van der Waals surface area contributed by atoms with Gasteiger partial charge in [-0.3, -0.25) is 15.5 Å². The lowest BCUT2D eigenvalue weighted by Crippen LogP contribution is -2.13. The first-order valence-electron chi connectivity index (χ1n) is 13.9. The van der Waals surface area contributed by atoms with E-state index in [9.17, 15) is 8.42 Å². The Hall–Kier alpha value is -5.35. The van der Waals surface area contributed by atoms with Gasteiger partial charge in [-0.25, -0.2) is 8.42 Å². The van der Waals surface area contributed by atoms with Crippen molar-refractivity contribution in [1.29, 1.82) is 10.8 Å². The van der Waals surface area contributed by atoms with Crippen molar-refractivity contribution in [1.82, 2.24) is 0 Å². The fourth-order valence-corrected chi connectivity index (χ4v) is 5.45. The molecule has 0 aromatic heterocycles. The smallest absolute Gasteiger partial charge is 0.262 e. The third-order valence-corrected chi connectivity index (χ3v) is 7.87. The molecule has 0 fully saturated rings. The second kappa shape index (κ2) is 13.3. The predicted octanol–water partition coefficient (Wildman–Crippen LogP) is 7.95. The molecule has 5 aromatic carbocycles. The average Bonchev–Trinajstić information content (AvgIpc) is 3.03. The van der Waals surface area contributed by atoms with Gasteiger partial charge in [0.25, 0.3) is 10.0 Å². The Morgan fingerprint density at radius 2 is 1.18 bits per heavy atom. The van der Waals surface area contributed by atoms with Gasteiger partial charge in [-0.2, -0.15) is 0 Å². The Kier molecular flexibility index (Phi) is 9.11. The summed E-state index contributed by atoms with van der Waals surface area (Å²) in [6, 6.07) is 30.9. The minimum atomic E-state index is -3.98. The lowest BCUT2D eigenvalue weighted by Gasteiger charge is -2.16. The van der Waals surface area contributed by atoms with E-state index < -0.39 is 10.0 Å². The number of hydrogen-bond acceptors (Lipinski definition) is 8. The summed E-state index contributed by atoms with van der Waals surface area (Å²) in [6.07, 6.45) is 0. The molecule has 0 aliphatic rings. The molecule has 9 nitrogen and oxygen atoms in total. The number of ether oxygens (including phenoxy) is 4. The summed E-state index contributed by atoms with van der Waals surface area (Å²) >= 11 is 0. The maximum absolute atomic E-state index is 13.5. The Bertz CT molecular complexity index is 1910. The van der Waals surface area contributed by atoms with Crippen LogP contribution in [0.1, 0.15) is 25.0 Å². The van der Waals surface area contributed by atoms with E-state index in [1.54, 1.807) is 84.9 Å². The van der Waals surface area contributed by atoms with Crippen LogP contribution in [-0.4, -0.2) is 33.4 Å². The zero-order chi connectivity index (χ0) is 31.1. The Morgan fingerprint density at radius 3 is 1.77 bits per heavy atom. The molecule has 5 aromatic rings. The molecule has 0 saturated carbocycles. The molecule has 0 atom stereocenters. The van der Waals surface area contributed by atoms with E-state index >= 15 is 0 Å². The highest BCUT2D eigenvalue weighted by atomic mass is 32.2. The maximum Gasteiger partial charge on any atom is 0.262 e. The number of benzene rings is 5. The van der Waals surface area contributed by atoms with Crippen molar-refractivity contribution >= 4 is 38.3 Å². The van der Waals surface area contributed by atoms with Crippen LogP contribution in [0.5, 0.6) is 23.0 Å². The largest absolute Gasteiger partial charge is 0.478 e. The summed E-state index contributed by atoms with van der Waals surface area (Å²) in [5.74, 6) is 1.64. The van der Waals surface area contributed by atoms with Gasteiger partial charge in [0.15, 0.2) is 5.75 Å². The highest BCUT2D eigenvalue weighted by molar-refractivity contribution is 7.92. The molecule has 0 heterocycles. The normalized spacial score (nSPS) is 11.0. The Morgan fingerprint density at radius 1 is 0.636 bits per heavy atom. The zero-order valence-electron chi connectivity index (χ0n) is 24.2. The topological polar surface area (TPSA) is 131 Å². The standard InChI is InChI=1S/C34H31N3O6S/c1-3-40-33(35)24-9-14-27(15-10-24)42-29-18-20-31(32(22-29)43-28-16-11-25(12-17-28)34(36)41-4-2)37-44(38,39)30-19-13-23-7-5-6-8-26(23)21-30/h5-22,35-37H,3-4H2,1-2H3. The summed E-state index contributed by atoms with van der Waals surface area (Å²) in [6.45, 7) is 4.40. The van der Waals surface area contributed by atoms with E-state index in [0.29, 0.717) is 41.6 Å². The van der Waals surface area contributed by atoms with Gasteiger partial charge in [0.05, 0.1) is 23.8 Å². The van der Waals surface area contributed by atoms with Crippen LogP contribution in [0, 0.1) is 10.8 Å². The Labute approximate surface area is 256 Å². The van der Waals surface area contributed by atoms with Crippen LogP contribution in [0.3, 0.4) is 0 Å². The molecule has 44 heavy (non-hydrogen) atoms. The number of rotatable bonds is 11. The van der Waals surface area contributed by atoms with Crippen LogP contribution in [0.25, 0.3) is 10.8 Å². The fourth-order valence-electron chi connectivity index (χ4n) is 4.34. The molecular weight excluding hydrogens is 578 g/mol. The van der Waals surface area contributed by atoms with Crippen molar-refractivity contribution in [2.24, 2.45) is 0 Å². The fraction of sp³-hybridized carbons (Fsp3) is 0.118. The number of anilines is 1. The van der Waals surface area contributed by atoms with Crippen molar-refractivity contribution in [2.75, 3.05) is 17.9 Å². The maximum atomic E-state index is 13.5. The molecular formula is C34H31N3O6S. The number of nitrogens with one attached hydrogen (secondary N) is 3. The van der Waals surface area contributed by atoms with Gasteiger partial charge < -0.3 is 18.9 Å². The molecule has 0 spiro atoms. The second-order valence-electron chi connectivity index (χ2n) is 9.55. The van der Waals surface area contributed by atoms with Gasteiger partial charge in [0.2, 0.25) is 11.8 Å². The molecule has 0 bridgehead atoms. The minimum absolute atomic E-state index is 0.0423. The van der Waals surface area contributed by atoms with Gasteiger partial charge in [-0.05, 0) is 97.4 Å². The quantitative estimate of drug-likeness (QED) is 0.103. The van der Waals surface area contributed by atoms with Crippen molar-refractivity contribution in [2.45, 2.75) is 18.7 Å². The molecule has 224 valence electrons. The lowest BCUT2D eigenvalue weighted by atomic mass is 10.1. The van der Waals surface area contributed by atoms with Crippen molar-refractivity contribution in [3.63, 3.8) is 0 Å². The molecule has 0 unspecified atom stereocenters. The third-order valence-electron chi connectivity index (χ3n) is 6.50. The van der Waals surface area contributed by atoms with E-state index in [1.165, 1.54) is 0 Å². The van der Waals surface area contributed by atoms with Gasteiger partial charge in [0, 0.05) is 17.2 Å². The highest BCUT2D eigenvalue weighted by Crippen LogP contribution is 2.36. The summed E-state index contributed by atoms with van der Waals surface area (Å²) in [7, 11) is -3.98. The van der Waals surface area contributed by atoms with Crippen molar-refractivity contribution < 1.29 is 27.4 Å². The molecule has 0 saturated heterocycles. The number of fused-ring (bicyclic) bond motifs is 1. The van der Waals surface area contributed by atoms with Crippen LogP contribution in [0.4, 0.5) is 5.69 Å². The lowest BCUT2D eigenvalue weighted by molar-refractivity contribution is 0.325. The summed E-state index contributed by atoms with van der Waals surface area (Å²) in [5.41, 5.74) is 1.40. The van der Waals surface area contributed by atoms with Gasteiger partial charge >= 0.3 is 0 Å². The van der Waals surface area contributed by atoms with Gasteiger partial charge in [-0.1, -0.05) is 30.3 Å². The molecule has 0 amide bonds. The molecule has 10 heteroatoms. The van der Waals surface area contributed by atoms with E-state index in [0.717, 1.165) is 10.8 Å². The van der Waals surface area contributed by atoms with Crippen molar-refractivity contribution in [3.8, 4) is 23.0 Å². The molecule has 0 aliphatic heterocycles. The van der Waals surface area contributed by atoms with E-state index in [4.69, 9.17) is 29.8 Å². The molecule has 5 rings (SSSR count). The molecule has 0 radical (unpaired) electrons. The average molecular weight is 610 g/mol. The second-order valence-corrected chi connectivity index (χ2v) is 11.2. The minimum Gasteiger partial charge on any atom is -0.478 e. The van der Waals surface area contributed by atoms with Crippen LogP contribution in [-0.2, 0) is 19.5 Å². The van der Waals surface area contributed by atoms with Crippen LogP contribution in [0.2, 0.25) is 0 Å². The summed E-state index contributed by atoms with van der Waals surface area (Å²) < 4.78 is 52.3. The molecule has 3 N–H and O–H groups in total. The van der Waals surface area contributed by atoms with Crippen LogP contribution >= 0.6 is 0 Å². The van der Waals surface area contributed by atoms with E-state index in [-0.39, 0.29) is 28.1 Å². The number of sulfonamides is 1. The zero-order valence-corrected chi connectivity index (χ0v) is 25.0. The Balaban J connectivity index is 1.44. The first-order chi connectivity index (χ1) is 21.3. The number of hydrogen-bond donors (Lipinski definition) is 3. The molecule has 0 aliphatic carbocycles. The SMILES string of the molecule is CCOC(=N)c1ccc(Oc2ccc(NS(=O)(=O)c3ccc4ccccc4c3)c(Oc3ccc(C(=N)OCC)cc3)c2)cc1.